The van der Waals surface area contributed by atoms with Crippen molar-refractivity contribution in [2.24, 2.45) is 4.15 Å². The van der Waals surface area contributed by atoms with E-state index in [-0.39, 0.29) is 0 Å². The Bertz CT molecular complexity index is 219. The molecular weight excluding hydrogens is 223 g/mol. The highest BCUT2D eigenvalue weighted by Crippen LogP contribution is 2.62. The zero-order valence-electron chi connectivity index (χ0n) is 8.76. The summed E-state index contributed by atoms with van der Waals surface area (Å²) < 4.78 is 11.5. The summed E-state index contributed by atoms with van der Waals surface area (Å²) in [6.07, 6.45) is 0. The molecule has 0 aliphatic carbocycles. The molecule has 1 rings (SSSR count). The summed E-state index contributed by atoms with van der Waals surface area (Å²) in [7, 11) is 12.4. The lowest BCUT2D eigenvalue weighted by molar-refractivity contribution is 0.468. The lowest BCUT2D eigenvalue weighted by atomic mass is 11.2. The lowest BCUT2D eigenvalue weighted by Crippen LogP contribution is -2.33. The molecule has 1 heterocycles. The third kappa shape index (κ3) is 2.08. The molecule has 0 bridgehead atoms. The lowest BCUT2D eigenvalue weighted by Gasteiger charge is -2.43. The number of rotatable bonds is 2. The van der Waals surface area contributed by atoms with Crippen molar-refractivity contribution in [2.45, 2.75) is 0 Å². The summed E-state index contributed by atoms with van der Waals surface area (Å²) in [5.41, 5.74) is 0. The highest BCUT2D eigenvalue weighted by atomic mass is 33.1. The molecule has 7 heteroatoms. The average molecular weight is 240 g/mol. The molecular formula is C6H17N4PS2. The molecule has 0 saturated carbocycles. The molecule has 1 aliphatic heterocycles. The van der Waals surface area contributed by atoms with Gasteiger partial charge in [0.05, 0.1) is 5.88 Å². The largest absolute Gasteiger partial charge is 0.251 e. The minimum absolute atomic E-state index is 1.04. The zero-order chi connectivity index (χ0) is 10.1. The Kier molecular flexibility index (Phi) is 4.16. The van der Waals surface area contributed by atoms with Gasteiger partial charge in [0, 0.05) is 11.0 Å². The maximum atomic E-state index is 4.71. The Labute approximate surface area is 88.8 Å². The molecule has 0 N–H and O–H groups in total. The van der Waals surface area contributed by atoms with E-state index in [4.69, 9.17) is 4.15 Å². The molecule has 0 radical (unpaired) electrons. The van der Waals surface area contributed by atoms with Gasteiger partial charge in [0.25, 0.3) is 0 Å². The molecule has 4 nitrogen and oxygen atoms in total. The van der Waals surface area contributed by atoms with Crippen molar-refractivity contribution in [3.05, 3.63) is 0 Å². The fourth-order valence-corrected chi connectivity index (χ4v) is 8.64. The van der Waals surface area contributed by atoms with Gasteiger partial charge in [-0.25, -0.2) is 4.67 Å². The van der Waals surface area contributed by atoms with Crippen LogP contribution in [0.1, 0.15) is 0 Å². The highest BCUT2D eigenvalue weighted by molar-refractivity contribution is 8.76. The van der Waals surface area contributed by atoms with Crippen LogP contribution in [0.2, 0.25) is 0 Å². The molecule has 0 atom stereocenters. The molecule has 0 unspecified atom stereocenters. The SMILES string of the molecule is CN(C)P1(N(C)C)=NSSCN1C. The smallest absolute Gasteiger partial charge is 0.180 e. The van der Waals surface area contributed by atoms with Crippen LogP contribution < -0.4 is 0 Å². The monoisotopic (exact) mass is 240 g/mol. The molecule has 0 fully saturated rings. The summed E-state index contributed by atoms with van der Waals surface area (Å²) in [6.45, 7) is 0. The third-order valence-electron chi connectivity index (χ3n) is 1.97. The first-order valence-corrected chi connectivity index (χ1v) is 7.87. The van der Waals surface area contributed by atoms with E-state index in [0.29, 0.717) is 0 Å². The second kappa shape index (κ2) is 4.55. The van der Waals surface area contributed by atoms with Crippen molar-refractivity contribution in [1.82, 2.24) is 14.0 Å². The van der Waals surface area contributed by atoms with Crippen LogP contribution in [-0.4, -0.2) is 55.1 Å². The maximum absolute atomic E-state index is 4.71. The standard InChI is InChI=1S/C6H17N4PS2/c1-8(2)11(9(3)4)7-13-12-6-10(11)5/h6H2,1-5H3. The van der Waals surface area contributed by atoms with Gasteiger partial charge >= 0.3 is 0 Å². The van der Waals surface area contributed by atoms with Crippen LogP contribution >= 0.6 is 29.3 Å². The van der Waals surface area contributed by atoms with Crippen LogP contribution in [0.15, 0.2) is 4.15 Å². The summed E-state index contributed by atoms with van der Waals surface area (Å²) in [6, 6.07) is 0. The Balaban J connectivity index is 3.07. The Hall–Kier alpha value is 0.810. The molecule has 13 heavy (non-hydrogen) atoms. The van der Waals surface area contributed by atoms with Crippen molar-refractivity contribution < 1.29 is 0 Å². The van der Waals surface area contributed by atoms with Crippen molar-refractivity contribution in [1.29, 1.82) is 0 Å². The van der Waals surface area contributed by atoms with E-state index in [2.05, 4.69) is 49.2 Å². The first kappa shape index (κ1) is 11.9. The van der Waals surface area contributed by atoms with Crippen molar-refractivity contribution in [2.75, 3.05) is 41.1 Å². The quantitative estimate of drug-likeness (QED) is 0.418. The molecule has 0 aromatic heterocycles. The predicted molar refractivity (Wildman–Crippen MR) is 64.5 cm³/mol. The summed E-state index contributed by atoms with van der Waals surface area (Å²) >= 11 is 0. The van der Waals surface area contributed by atoms with Gasteiger partial charge in [0.1, 0.15) is 0 Å². The Morgan fingerprint density at radius 1 is 1.23 bits per heavy atom. The number of hydrogen-bond donors (Lipinski definition) is 0. The Morgan fingerprint density at radius 3 is 2.08 bits per heavy atom. The van der Waals surface area contributed by atoms with Crippen LogP contribution in [0.4, 0.5) is 0 Å². The van der Waals surface area contributed by atoms with E-state index < -0.39 is 7.51 Å². The summed E-state index contributed by atoms with van der Waals surface area (Å²) in [5.74, 6) is 1.04. The van der Waals surface area contributed by atoms with Crippen LogP contribution in [0.3, 0.4) is 0 Å². The van der Waals surface area contributed by atoms with Gasteiger partial charge in [-0.1, -0.05) is 10.8 Å². The Morgan fingerprint density at radius 2 is 1.77 bits per heavy atom. The van der Waals surface area contributed by atoms with Gasteiger partial charge in [0.2, 0.25) is 0 Å². The minimum atomic E-state index is -1.56. The molecule has 0 amide bonds. The van der Waals surface area contributed by atoms with Gasteiger partial charge in [-0.15, -0.1) is 0 Å². The van der Waals surface area contributed by atoms with Gasteiger partial charge < -0.3 is 0 Å². The fourth-order valence-electron chi connectivity index (χ4n) is 1.42. The maximum Gasteiger partial charge on any atom is 0.180 e. The molecule has 0 spiro atoms. The van der Waals surface area contributed by atoms with E-state index >= 15 is 0 Å². The second-order valence-electron chi connectivity index (χ2n) is 3.29. The molecule has 0 aromatic rings. The molecule has 1 aliphatic rings. The van der Waals surface area contributed by atoms with E-state index in [9.17, 15) is 0 Å². The molecule has 0 saturated heterocycles. The van der Waals surface area contributed by atoms with Crippen LogP contribution in [0, 0.1) is 0 Å². The number of nitrogens with zero attached hydrogens (tertiary/aromatic N) is 4. The highest BCUT2D eigenvalue weighted by Gasteiger charge is 2.33. The average Bonchev–Trinajstić information content (AvgIpc) is 2.04. The van der Waals surface area contributed by atoms with Gasteiger partial charge in [-0.2, -0.15) is 4.15 Å². The molecule has 0 aromatic carbocycles. The van der Waals surface area contributed by atoms with Crippen LogP contribution in [-0.2, 0) is 0 Å². The summed E-state index contributed by atoms with van der Waals surface area (Å²) in [4.78, 5) is 0. The van der Waals surface area contributed by atoms with Crippen molar-refractivity contribution >= 4 is 29.3 Å². The van der Waals surface area contributed by atoms with Crippen LogP contribution in [0.5, 0.6) is 0 Å². The molecule has 78 valence electrons. The minimum Gasteiger partial charge on any atom is -0.251 e. The normalized spacial score (nSPS) is 23.6. The number of hydrogen-bond acceptors (Lipinski definition) is 6. The van der Waals surface area contributed by atoms with Gasteiger partial charge in [-0.3, -0.25) is 9.34 Å². The first-order chi connectivity index (χ1) is 6.01. The van der Waals surface area contributed by atoms with E-state index in [1.165, 1.54) is 0 Å². The summed E-state index contributed by atoms with van der Waals surface area (Å²) in [5, 5.41) is 0. The third-order valence-corrected chi connectivity index (χ3v) is 8.34. The van der Waals surface area contributed by atoms with Crippen LogP contribution in [0.25, 0.3) is 0 Å². The zero-order valence-corrected chi connectivity index (χ0v) is 11.3. The topological polar surface area (TPSA) is 22.1 Å². The first-order valence-electron chi connectivity index (χ1n) is 3.99. The van der Waals surface area contributed by atoms with Crippen molar-refractivity contribution in [3.8, 4) is 0 Å². The van der Waals surface area contributed by atoms with E-state index in [1.807, 2.05) is 0 Å². The van der Waals surface area contributed by atoms with Gasteiger partial charge in [0.15, 0.2) is 7.51 Å². The van der Waals surface area contributed by atoms with E-state index in [1.54, 1.807) is 21.8 Å². The van der Waals surface area contributed by atoms with Gasteiger partial charge in [-0.05, 0) is 35.2 Å². The predicted octanol–water partition coefficient (Wildman–Crippen LogP) is 2.26. The van der Waals surface area contributed by atoms with E-state index in [0.717, 1.165) is 5.88 Å². The van der Waals surface area contributed by atoms with Crippen molar-refractivity contribution in [3.63, 3.8) is 0 Å². The second-order valence-corrected chi connectivity index (χ2v) is 9.10. The fraction of sp³-hybridized carbons (Fsp3) is 1.00.